The lowest BCUT2D eigenvalue weighted by Gasteiger charge is -2.08. The van der Waals surface area contributed by atoms with Crippen LogP contribution in [0.15, 0.2) is 62.6 Å². The Kier molecular flexibility index (Phi) is 5.04. The van der Waals surface area contributed by atoms with E-state index in [2.05, 4.69) is 4.98 Å². The Morgan fingerprint density at radius 2 is 2.07 bits per heavy atom. The molecule has 4 rings (SSSR count). The molecule has 0 atom stereocenters. The van der Waals surface area contributed by atoms with Gasteiger partial charge < -0.3 is 9.15 Å². The van der Waals surface area contributed by atoms with Crippen molar-refractivity contribution >= 4 is 34.5 Å². The van der Waals surface area contributed by atoms with Crippen molar-refractivity contribution in [3.8, 4) is 17.0 Å². The molecular formula is C22H16FNO3S. The Labute approximate surface area is 164 Å². The number of halogens is 1. The maximum Gasteiger partial charge on any atom is 0.202 e. The van der Waals surface area contributed by atoms with Gasteiger partial charge in [-0.05, 0) is 37.3 Å². The first-order valence-electron chi connectivity index (χ1n) is 8.72. The smallest absolute Gasteiger partial charge is 0.202 e. The summed E-state index contributed by atoms with van der Waals surface area (Å²) in [7, 11) is 0. The summed E-state index contributed by atoms with van der Waals surface area (Å²) in [6.07, 6.45) is 3.18. The first kappa shape index (κ1) is 18.1. The molecule has 0 aliphatic heterocycles. The van der Waals surface area contributed by atoms with Crippen LogP contribution in [0.1, 0.15) is 18.2 Å². The summed E-state index contributed by atoms with van der Waals surface area (Å²) in [6, 6.07) is 11.5. The molecule has 0 aliphatic rings. The van der Waals surface area contributed by atoms with Gasteiger partial charge in [0, 0.05) is 17.0 Å². The molecule has 0 spiro atoms. The average molecular weight is 393 g/mol. The minimum absolute atomic E-state index is 0.191. The predicted octanol–water partition coefficient (Wildman–Crippen LogP) is 5.62. The molecular weight excluding hydrogens is 377 g/mol. The number of fused-ring (bicyclic) bond motifs is 1. The van der Waals surface area contributed by atoms with E-state index >= 15 is 0 Å². The Morgan fingerprint density at radius 1 is 1.21 bits per heavy atom. The first-order chi connectivity index (χ1) is 13.7. The van der Waals surface area contributed by atoms with Gasteiger partial charge in [-0.25, -0.2) is 9.37 Å². The molecule has 0 bridgehead atoms. The SMILES string of the molecule is CCOc1ccc2c(=O)c(-c3cscn3)c(C=Cc3ccccc3F)oc2c1. The Bertz CT molecular complexity index is 1210. The highest BCUT2D eigenvalue weighted by atomic mass is 32.1. The molecule has 140 valence electrons. The van der Waals surface area contributed by atoms with Gasteiger partial charge in [-0.15, -0.1) is 11.3 Å². The second kappa shape index (κ2) is 7.78. The fraction of sp³-hybridized carbons (Fsp3) is 0.0909. The van der Waals surface area contributed by atoms with E-state index in [4.69, 9.17) is 9.15 Å². The van der Waals surface area contributed by atoms with Gasteiger partial charge in [-0.2, -0.15) is 0 Å². The van der Waals surface area contributed by atoms with Gasteiger partial charge in [0.25, 0.3) is 0 Å². The molecule has 0 aliphatic carbocycles. The third-order valence-corrected chi connectivity index (χ3v) is 4.80. The van der Waals surface area contributed by atoms with E-state index < -0.39 is 0 Å². The van der Waals surface area contributed by atoms with Crippen LogP contribution >= 0.6 is 11.3 Å². The van der Waals surface area contributed by atoms with Gasteiger partial charge in [0.1, 0.15) is 22.9 Å². The van der Waals surface area contributed by atoms with Gasteiger partial charge in [0.05, 0.1) is 28.8 Å². The second-order valence-corrected chi connectivity index (χ2v) is 6.71. The number of hydrogen-bond donors (Lipinski definition) is 0. The molecule has 0 radical (unpaired) electrons. The average Bonchev–Trinajstić information content (AvgIpc) is 3.22. The molecule has 0 saturated heterocycles. The van der Waals surface area contributed by atoms with Gasteiger partial charge >= 0.3 is 0 Å². The Morgan fingerprint density at radius 3 is 2.82 bits per heavy atom. The zero-order chi connectivity index (χ0) is 19.5. The monoisotopic (exact) mass is 393 g/mol. The van der Waals surface area contributed by atoms with E-state index in [1.54, 1.807) is 59.4 Å². The van der Waals surface area contributed by atoms with Crippen LogP contribution in [-0.4, -0.2) is 11.6 Å². The number of ether oxygens (including phenoxy) is 1. The van der Waals surface area contributed by atoms with E-state index in [0.717, 1.165) is 0 Å². The van der Waals surface area contributed by atoms with Crippen LogP contribution in [0.5, 0.6) is 5.75 Å². The highest BCUT2D eigenvalue weighted by Crippen LogP contribution is 2.28. The first-order valence-corrected chi connectivity index (χ1v) is 9.66. The third-order valence-electron chi connectivity index (χ3n) is 4.21. The number of nitrogens with zero attached hydrogens (tertiary/aromatic N) is 1. The maximum atomic E-state index is 14.0. The lowest BCUT2D eigenvalue weighted by atomic mass is 10.1. The standard InChI is InChI=1S/C22H16FNO3S/c1-2-26-15-8-9-16-20(11-15)27-19(10-7-14-5-3-4-6-17(14)23)21(22(16)25)18-12-28-13-24-18/h3-13H,2H2,1H3. The number of aromatic nitrogens is 1. The summed E-state index contributed by atoms with van der Waals surface area (Å²) in [6.45, 7) is 2.39. The summed E-state index contributed by atoms with van der Waals surface area (Å²) in [5.74, 6) is 0.583. The van der Waals surface area contributed by atoms with Crippen molar-refractivity contribution in [1.29, 1.82) is 0 Å². The van der Waals surface area contributed by atoms with E-state index in [9.17, 15) is 9.18 Å². The van der Waals surface area contributed by atoms with Crippen LogP contribution in [0, 0.1) is 5.82 Å². The number of hydrogen-bond acceptors (Lipinski definition) is 5. The molecule has 28 heavy (non-hydrogen) atoms. The summed E-state index contributed by atoms with van der Waals surface area (Å²) in [5.41, 5.74) is 3.15. The zero-order valence-electron chi connectivity index (χ0n) is 15.0. The van der Waals surface area contributed by atoms with Crippen LogP contribution in [0.4, 0.5) is 4.39 Å². The van der Waals surface area contributed by atoms with Crippen molar-refractivity contribution < 1.29 is 13.5 Å². The molecule has 0 saturated carbocycles. The number of rotatable bonds is 5. The van der Waals surface area contributed by atoms with Gasteiger partial charge in [0.15, 0.2) is 0 Å². The van der Waals surface area contributed by atoms with Crippen molar-refractivity contribution in [1.82, 2.24) is 4.98 Å². The second-order valence-electron chi connectivity index (χ2n) is 5.99. The Balaban J connectivity index is 1.92. The molecule has 0 fully saturated rings. The minimum Gasteiger partial charge on any atom is -0.494 e. The highest BCUT2D eigenvalue weighted by molar-refractivity contribution is 7.07. The van der Waals surface area contributed by atoms with Crippen LogP contribution < -0.4 is 10.2 Å². The number of thiazole rings is 1. The lowest BCUT2D eigenvalue weighted by Crippen LogP contribution is -2.08. The minimum atomic E-state index is -0.351. The number of benzene rings is 2. The van der Waals surface area contributed by atoms with Gasteiger partial charge in [0.2, 0.25) is 5.43 Å². The van der Waals surface area contributed by atoms with Gasteiger partial charge in [-0.3, -0.25) is 4.79 Å². The van der Waals surface area contributed by atoms with Crippen LogP contribution in [0.2, 0.25) is 0 Å². The molecule has 2 aromatic heterocycles. The van der Waals surface area contributed by atoms with E-state index in [1.807, 2.05) is 6.92 Å². The fourth-order valence-electron chi connectivity index (χ4n) is 2.92. The van der Waals surface area contributed by atoms with Crippen molar-refractivity contribution in [2.45, 2.75) is 6.92 Å². The topological polar surface area (TPSA) is 52.3 Å². The highest BCUT2D eigenvalue weighted by Gasteiger charge is 2.17. The van der Waals surface area contributed by atoms with Crippen molar-refractivity contribution in [2.24, 2.45) is 0 Å². The Hall–Kier alpha value is -3.25. The molecule has 6 heteroatoms. The van der Waals surface area contributed by atoms with Crippen molar-refractivity contribution in [3.05, 3.63) is 80.7 Å². The molecule has 2 aromatic carbocycles. The summed E-state index contributed by atoms with van der Waals surface area (Å²) >= 11 is 1.39. The predicted molar refractivity (Wildman–Crippen MR) is 110 cm³/mol. The molecule has 0 amide bonds. The van der Waals surface area contributed by atoms with Gasteiger partial charge in [-0.1, -0.05) is 18.2 Å². The van der Waals surface area contributed by atoms with Crippen LogP contribution in [0.25, 0.3) is 34.4 Å². The summed E-state index contributed by atoms with van der Waals surface area (Å²) < 4.78 is 25.5. The largest absolute Gasteiger partial charge is 0.494 e. The van der Waals surface area contributed by atoms with Crippen LogP contribution in [0.3, 0.4) is 0 Å². The molecule has 4 aromatic rings. The van der Waals surface area contributed by atoms with E-state index in [1.165, 1.54) is 17.4 Å². The normalized spacial score (nSPS) is 11.4. The molecule has 0 unspecified atom stereocenters. The molecule has 2 heterocycles. The van der Waals surface area contributed by atoms with Crippen LogP contribution in [-0.2, 0) is 0 Å². The summed E-state index contributed by atoms with van der Waals surface area (Å²) in [5, 5.41) is 2.22. The lowest BCUT2D eigenvalue weighted by molar-refractivity contribution is 0.340. The van der Waals surface area contributed by atoms with E-state index in [-0.39, 0.29) is 11.2 Å². The van der Waals surface area contributed by atoms with Crippen molar-refractivity contribution in [2.75, 3.05) is 6.61 Å². The quantitative estimate of drug-likeness (QED) is 0.441. The van der Waals surface area contributed by atoms with Crippen molar-refractivity contribution in [3.63, 3.8) is 0 Å². The molecule has 0 N–H and O–H groups in total. The molecule has 4 nitrogen and oxygen atoms in total. The fourth-order valence-corrected chi connectivity index (χ4v) is 3.46. The zero-order valence-corrected chi connectivity index (χ0v) is 15.8. The van der Waals surface area contributed by atoms with E-state index in [0.29, 0.717) is 45.9 Å². The third kappa shape index (κ3) is 3.46. The summed E-state index contributed by atoms with van der Waals surface area (Å²) in [4.78, 5) is 17.4. The maximum absolute atomic E-state index is 14.0.